The molecule has 3 rings (SSSR count). The SMILES string of the molecule is C=Cc1c[n+](-c2ccc(CCC)cc2)cn1-c1ccc(CCC)cc1. The highest BCUT2D eigenvalue weighted by Crippen LogP contribution is 2.15. The van der Waals surface area contributed by atoms with Gasteiger partial charge >= 0.3 is 0 Å². The van der Waals surface area contributed by atoms with Gasteiger partial charge in [-0.05, 0) is 54.3 Å². The van der Waals surface area contributed by atoms with E-state index in [1.54, 1.807) is 0 Å². The summed E-state index contributed by atoms with van der Waals surface area (Å²) < 4.78 is 4.34. The molecule has 2 aromatic carbocycles. The van der Waals surface area contributed by atoms with E-state index in [1.165, 1.54) is 29.7 Å². The molecule has 2 nitrogen and oxygen atoms in total. The van der Waals surface area contributed by atoms with E-state index in [4.69, 9.17) is 0 Å². The summed E-state index contributed by atoms with van der Waals surface area (Å²) in [6.07, 6.45) is 10.8. The summed E-state index contributed by atoms with van der Waals surface area (Å²) >= 11 is 0. The molecule has 3 aromatic rings. The summed E-state index contributed by atoms with van der Waals surface area (Å²) in [5.41, 5.74) is 6.20. The molecular weight excluding hydrogens is 304 g/mol. The normalized spacial score (nSPS) is 10.8. The number of aryl methyl sites for hydroxylation is 2. The van der Waals surface area contributed by atoms with Crippen molar-refractivity contribution in [3.63, 3.8) is 0 Å². The Morgan fingerprint density at radius 3 is 1.96 bits per heavy atom. The molecule has 1 heterocycles. The summed E-state index contributed by atoms with van der Waals surface area (Å²) in [5.74, 6) is 0. The lowest BCUT2D eigenvalue weighted by Gasteiger charge is -2.01. The van der Waals surface area contributed by atoms with Crippen LogP contribution in [0.3, 0.4) is 0 Å². The number of nitrogens with zero attached hydrogens (tertiary/aromatic N) is 2. The smallest absolute Gasteiger partial charge is 0.201 e. The van der Waals surface area contributed by atoms with Crippen LogP contribution in [0.5, 0.6) is 0 Å². The van der Waals surface area contributed by atoms with Crippen molar-refractivity contribution in [1.29, 1.82) is 0 Å². The molecule has 0 aliphatic carbocycles. The Bertz CT molecular complexity index is 824. The molecule has 0 radical (unpaired) electrons. The van der Waals surface area contributed by atoms with Crippen LogP contribution in [-0.4, -0.2) is 4.57 Å². The molecule has 0 saturated carbocycles. The second-order valence-electron chi connectivity index (χ2n) is 6.48. The van der Waals surface area contributed by atoms with E-state index in [2.05, 4.69) is 90.6 Å². The summed E-state index contributed by atoms with van der Waals surface area (Å²) in [7, 11) is 0. The van der Waals surface area contributed by atoms with Gasteiger partial charge in [-0.25, -0.2) is 4.57 Å². The third-order valence-electron chi connectivity index (χ3n) is 4.52. The summed E-state index contributed by atoms with van der Waals surface area (Å²) in [6.45, 7) is 8.40. The Morgan fingerprint density at radius 2 is 1.44 bits per heavy atom. The lowest BCUT2D eigenvalue weighted by Crippen LogP contribution is -2.27. The Labute approximate surface area is 151 Å². The van der Waals surface area contributed by atoms with Gasteiger partial charge in [0.1, 0.15) is 17.6 Å². The molecule has 0 amide bonds. The van der Waals surface area contributed by atoms with Crippen LogP contribution in [0.25, 0.3) is 17.5 Å². The number of hydrogen-bond donors (Lipinski definition) is 0. The molecular formula is C23H27N2+. The van der Waals surface area contributed by atoms with Crippen LogP contribution < -0.4 is 4.57 Å². The number of hydrogen-bond acceptors (Lipinski definition) is 0. The maximum Gasteiger partial charge on any atom is 0.254 e. The van der Waals surface area contributed by atoms with Crippen LogP contribution >= 0.6 is 0 Å². The van der Waals surface area contributed by atoms with E-state index in [9.17, 15) is 0 Å². The minimum absolute atomic E-state index is 1.08. The van der Waals surface area contributed by atoms with Gasteiger partial charge in [0, 0.05) is 0 Å². The molecule has 0 aliphatic heterocycles. The Hall–Kier alpha value is -2.61. The van der Waals surface area contributed by atoms with Gasteiger partial charge in [0.15, 0.2) is 5.69 Å². The molecule has 128 valence electrons. The van der Waals surface area contributed by atoms with E-state index in [0.29, 0.717) is 0 Å². The van der Waals surface area contributed by atoms with Crippen molar-refractivity contribution < 1.29 is 4.57 Å². The molecule has 0 N–H and O–H groups in total. The lowest BCUT2D eigenvalue weighted by molar-refractivity contribution is -0.594. The van der Waals surface area contributed by atoms with Crippen LogP contribution in [0.2, 0.25) is 0 Å². The molecule has 0 spiro atoms. The fourth-order valence-corrected chi connectivity index (χ4v) is 3.17. The lowest BCUT2D eigenvalue weighted by atomic mass is 10.1. The van der Waals surface area contributed by atoms with Crippen molar-refractivity contribution in [2.24, 2.45) is 0 Å². The molecule has 1 aromatic heterocycles. The van der Waals surface area contributed by atoms with Gasteiger partial charge in [0.25, 0.3) is 6.33 Å². The standard InChI is InChI=1S/C23H27N2/c1-4-7-19-9-13-22(14-10-19)24-17-21(6-3)25(18-24)23-15-11-20(8-5-2)12-16-23/h6,9-18H,3-5,7-8H2,1-2H3/q+1. The predicted molar refractivity (Wildman–Crippen MR) is 105 cm³/mol. The third kappa shape index (κ3) is 3.90. The number of rotatable bonds is 7. The van der Waals surface area contributed by atoms with Crippen LogP contribution in [0.4, 0.5) is 0 Å². The van der Waals surface area contributed by atoms with Gasteiger partial charge in [0.2, 0.25) is 0 Å². The fraction of sp³-hybridized carbons (Fsp3) is 0.261. The quantitative estimate of drug-likeness (QED) is 0.519. The highest BCUT2D eigenvalue weighted by atomic mass is 15.1. The molecule has 0 bridgehead atoms. The van der Waals surface area contributed by atoms with E-state index >= 15 is 0 Å². The van der Waals surface area contributed by atoms with Gasteiger partial charge in [-0.15, -0.1) is 0 Å². The maximum absolute atomic E-state index is 3.98. The highest BCUT2D eigenvalue weighted by Gasteiger charge is 2.14. The number of imidazole rings is 1. The molecule has 0 aliphatic rings. The number of aromatic nitrogens is 2. The summed E-state index contributed by atoms with van der Waals surface area (Å²) in [5, 5.41) is 0. The van der Waals surface area contributed by atoms with Crippen molar-refractivity contribution in [2.75, 3.05) is 0 Å². The Morgan fingerprint density at radius 1 is 0.880 bits per heavy atom. The predicted octanol–water partition coefficient (Wildman–Crippen LogP) is 5.30. The minimum Gasteiger partial charge on any atom is -0.201 e. The van der Waals surface area contributed by atoms with E-state index in [1.807, 2.05) is 6.08 Å². The second-order valence-corrected chi connectivity index (χ2v) is 6.48. The summed E-state index contributed by atoms with van der Waals surface area (Å²) in [6, 6.07) is 17.6. The zero-order chi connectivity index (χ0) is 17.6. The van der Waals surface area contributed by atoms with Gasteiger partial charge in [-0.1, -0.05) is 57.5 Å². The third-order valence-corrected chi connectivity index (χ3v) is 4.52. The minimum atomic E-state index is 1.08. The first-order valence-electron chi connectivity index (χ1n) is 9.20. The Balaban J connectivity index is 1.92. The van der Waals surface area contributed by atoms with E-state index < -0.39 is 0 Å². The van der Waals surface area contributed by atoms with Gasteiger partial charge in [-0.2, -0.15) is 4.57 Å². The van der Waals surface area contributed by atoms with Crippen LogP contribution in [-0.2, 0) is 12.8 Å². The van der Waals surface area contributed by atoms with Crippen molar-refractivity contribution in [3.05, 3.63) is 84.5 Å². The van der Waals surface area contributed by atoms with Gasteiger partial charge in [0.05, 0.1) is 0 Å². The summed E-state index contributed by atoms with van der Waals surface area (Å²) in [4.78, 5) is 0. The van der Waals surface area contributed by atoms with E-state index in [0.717, 1.165) is 24.2 Å². The van der Waals surface area contributed by atoms with Crippen molar-refractivity contribution in [1.82, 2.24) is 4.57 Å². The first-order valence-corrected chi connectivity index (χ1v) is 9.20. The molecule has 0 atom stereocenters. The molecule has 25 heavy (non-hydrogen) atoms. The maximum atomic E-state index is 3.98. The second kappa shape index (κ2) is 7.98. The van der Waals surface area contributed by atoms with Crippen molar-refractivity contribution in [3.8, 4) is 11.4 Å². The highest BCUT2D eigenvalue weighted by molar-refractivity contribution is 5.47. The largest absolute Gasteiger partial charge is 0.254 e. The zero-order valence-electron chi connectivity index (χ0n) is 15.3. The average molecular weight is 331 g/mol. The molecule has 0 unspecified atom stereocenters. The van der Waals surface area contributed by atoms with Gasteiger partial charge < -0.3 is 0 Å². The number of benzene rings is 2. The molecule has 0 saturated heterocycles. The molecule has 0 fully saturated rings. The monoisotopic (exact) mass is 331 g/mol. The average Bonchev–Trinajstić information content (AvgIpc) is 3.08. The molecule has 2 heteroatoms. The topological polar surface area (TPSA) is 8.81 Å². The first kappa shape index (κ1) is 17.2. The van der Waals surface area contributed by atoms with Gasteiger partial charge in [-0.3, -0.25) is 0 Å². The Kier molecular flexibility index (Phi) is 5.49. The van der Waals surface area contributed by atoms with Crippen molar-refractivity contribution >= 4 is 6.08 Å². The first-order chi connectivity index (χ1) is 12.2. The van der Waals surface area contributed by atoms with Crippen LogP contribution in [0, 0.1) is 0 Å². The fourth-order valence-electron chi connectivity index (χ4n) is 3.17. The van der Waals surface area contributed by atoms with Crippen LogP contribution in [0.1, 0.15) is 43.5 Å². The zero-order valence-corrected chi connectivity index (χ0v) is 15.3. The van der Waals surface area contributed by atoms with Crippen LogP contribution in [0.15, 0.2) is 67.6 Å². The van der Waals surface area contributed by atoms with E-state index in [-0.39, 0.29) is 0 Å². The van der Waals surface area contributed by atoms with Crippen molar-refractivity contribution in [2.45, 2.75) is 39.5 Å².